The third-order valence-corrected chi connectivity index (χ3v) is 9.43. The molecule has 0 atom stereocenters. The van der Waals surface area contributed by atoms with Crippen LogP contribution >= 0.6 is 0 Å². The lowest BCUT2D eigenvalue weighted by atomic mass is 10.5. The molecule has 0 aliphatic rings. The van der Waals surface area contributed by atoms with Gasteiger partial charge < -0.3 is 26.6 Å². The van der Waals surface area contributed by atoms with E-state index in [1.165, 1.54) is 0 Å². The van der Waals surface area contributed by atoms with Crippen LogP contribution < -0.4 is 0 Å². The number of rotatable bonds is 14. The van der Waals surface area contributed by atoms with Crippen molar-refractivity contribution < 1.29 is 26.6 Å². The number of hydrogen-bond acceptors (Lipinski definition) is 6. The Morgan fingerprint density at radius 1 is 0.400 bits per heavy atom. The Morgan fingerprint density at radius 2 is 0.567 bits per heavy atom. The van der Waals surface area contributed by atoms with Crippen LogP contribution in [0.3, 0.4) is 0 Å². The predicted octanol–water partition coefficient (Wildman–Crippen LogP) is 5.42. The van der Waals surface area contributed by atoms with Gasteiger partial charge in [-0.05, 0) is 83.1 Å². The minimum absolute atomic E-state index is 0.0118. The number of hydrogen-bond donors (Lipinski definition) is 0. The van der Waals surface area contributed by atoms with Crippen molar-refractivity contribution in [2.75, 3.05) is 0 Å². The molecule has 0 fully saturated rings. The van der Waals surface area contributed by atoms with Crippen molar-refractivity contribution in [1.29, 1.82) is 0 Å². The molecule has 0 saturated carbocycles. The van der Waals surface area contributed by atoms with Crippen LogP contribution in [0.4, 0.5) is 0 Å². The highest BCUT2D eigenvalue weighted by Gasteiger charge is 2.45. The van der Waals surface area contributed by atoms with Gasteiger partial charge in [0.25, 0.3) is 0 Å². The van der Waals surface area contributed by atoms with Crippen LogP contribution in [0.5, 0.6) is 0 Å². The highest BCUT2D eigenvalue weighted by Crippen LogP contribution is 2.24. The van der Waals surface area contributed by atoms with Gasteiger partial charge in [-0.1, -0.05) is 11.8 Å². The Balaban J connectivity index is 5.70. The second-order valence-electron chi connectivity index (χ2n) is 9.07. The van der Waals surface area contributed by atoms with Gasteiger partial charge in [0.15, 0.2) is 0 Å². The van der Waals surface area contributed by atoms with Crippen molar-refractivity contribution in [2.45, 2.75) is 132 Å². The molecule has 0 aromatic carbocycles. The van der Waals surface area contributed by atoms with Crippen molar-refractivity contribution in [3.8, 4) is 11.8 Å². The Bertz CT molecular complexity index is 426. The zero-order valence-corrected chi connectivity index (χ0v) is 23.3. The molecule has 0 spiro atoms. The molecule has 8 heteroatoms. The molecule has 0 aliphatic carbocycles. The molecule has 0 aliphatic heterocycles. The largest absolute Gasteiger partial charge is 0.514 e. The van der Waals surface area contributed by atoms with Gasteiger partial charge in [0.05, 0.1) is 12.1 Å². The SMILES string of the molecule is CC(C)O[Si](CC#CC[Si](OC(C)C)(OC(C)C)OC(C)C)(OC(C)C)OC(C)C. The van der Waals surface area contributed by atoms with Crippen LogP contribution in [-0.2, 0) is 26.6 Å². The first kappa shape index (κ1) is 29.8. The van der Waals surface area contributed by atoms with E-state index in [0.717, 1.165) is 0 Å². The first-order valence-electron chi connectivity index (χ1n) is 11.2. The highest BCUT2D eigenvalue weighted by atomic mass is 28.4. The van der Waals surface area contributed by atoms with E-state index in [9.17, 15) is 0 Å². The lowest BCUT2D eigenvalue weighted by molar-refractivity contribution is 0.00430. The van der Waals surface area contributed by atoms with E-state index < -0.39 is 17.6 Å². The van der Waals surface area contributed by atoms with E-state index in [0.29, 0.717) is 12.1 Å². The van der Waals surface area contributed by atoms with E-state index in [4.69, 9.17) is 26.6 Å². The van der Waals surface area contributed by atoms with Gasteiger partial charge in [0, 0.05) is 36.6 Å². The topological polar surface area (TPSA) is 55.4 Å². The molecule has 30 heavy (non-hydrogen) atoms. The molecule has 0 N–H and O–H groups in total. The monoisotopic (exact) mass is 462 g/mol. The van der Waals surface area contributed by atoms with Crippen LogP contribution in [-0.4, -0.2) is 54.2 Å². The second-order valence-corrected chi connectivity index (χ2v) is 13.9. The van der Waals surface area contributed by atoms with Crippen LogP contribution in [0.2, 0.25) is 12.1 Å². The standard InChI is InChI=1S/C22H46O6Si2/c1-17(2)23-29(24-18(3)4,25-19(5)6)15-13-14-16-30(26-20(7)8,27-21(9)10)28-22(11)12/h17-22H,15-16H2,1-12H3. The molecule has 0 saturated heterocycles. The lowest BCUT2D eigenvalue weighted by Crippen LogP contribution is -2.51. The molecule has 0 unspecified atom stereocenters. The van der Waals surface area contributed by atoms with Gasteiger partial charge >= 0.3 is 17.6 Å². The van der Waals surface area contributed by atoms with Gasteiger partial charge in [-0.15, -0.1) is 0 Å². The van der Waals surface area contributed by atoms with Crippen LogP contribution in [0, 0.1) is 11.8 Å². The summed E-state index contributed by atoms with van der Waals surface area (Å²) in [5, 5.41) is 0. The Labute approximate surface area is 188 Å². The van der Waals surface area contributed by atoms with Gasteiger partial charge in [-0.3, -0.25) is 0 Å². The zero-order chi connectivity index (χ0) is 23.5. The predicted molar refractivity (Wildman–Crippen MR) is 126 cm³/mol. The maximum atomic E-state index is 6.20. The second kappa shape index (κ2) is 14.0. The van der Waals surface area contributed by atoms with Crippen LogP contribution in [0.1, 0.15) is 83.1 Å². The van der Waals surface area contributed by atoms with E-state index in [1.807, 2.05) is 83.1 Å². The smallest absolute Gasteiger partial charge is 0.370 e. The molecule has 178 valence electrons. The minimum Gasteiger partial charge on any atom is -0.370 e. The maximum absolute atomic E-state index is 6.20. The molecule has 0 heterocycles. The average Bonchev–Trinajstić information content (AvgIpc) is 2.47. The molecule has 0 rings (SSSR count). The van der Waals surface area contributed by atoms with E-state index in [-0.39, 0.29) is 36.6 Å². The Hall–Kier alpha value is -0.246. The molecule has 6 nitrogen and oxygen atoms in total. The van der Waals surface area contributed by atoms with Gasteiger partial charge in [0.1, 0.15) is 0 Å². The van der Waals surface area contributed by atoms with Crippen molar-refractivity contribution in [3.05, 3.63) is 0 Å². The molecule has 0 radical (unpaired) electrons. The Kier molecular flexibility index (Phi) is 13.9. The average molecular weight is 463 g/mol. The lowest BCUT2D eigenvalue weighted by Gasteiger charge is -2.34. The van der Waals surface area contributed by atoms with Crippen molar-refractivity contribution >= 4 is 17.6 Å². The molecule has 0 amide bonds. The molecule has 0 bridgehead atoms. The highest BCUT2D eigenvalue weighted by molar-refractivity contribution is 6.62. The van der Waals surface area contributed by atoms with Crippen molar-refractivity contribution in [2.24, 2.45) is 0 Å². The minimum atomic E-state index is -2.96. The summed E-state index contributed by atoms with van der Waals surface area (Å²) in [4.78, 5) is 0. The van der Waals surface area contributed by atoms with Crippen molar-refractivity contribution in [1.82, 2.24) is 0 Å². The third kappa shape index (κ3) is 13.2. The molecular weight excluding hydrogens is 416 g/mol. The quantitative estimate of drug-likeness (QED) is 0.254. The van der Waals surface area contributed by atoms with Crippen LogP contribution in [0.25, 0.3) is 0 Å². The van der Waals surface area contributed by atoms with Gasteiger partial charge in [-0.25, -0.2) is 0 Å². The van der Waals surface area contributed by atoms with Gasteiger partial charge in [-0.2, -0.15) is 0 Å². The maximum Gasteiger partial charge on any atom is 0.514 e. The zero-order valence-electron chi connectivity index (χ0n) is 21.3. The summed E-state index contributed by atoms with van der Waals surface area (Å²) in [5.74, 6) is 6.50. The fourth-order valence-electron chi connectivity index (χ4n) is 2.91. The summed E-state index contributed by atoms with van der Waals surface area (Å²) in [6.07, 6.45) is -0.0708. The van der Waals surface area contributed by atoms with E-state index in [2.05, 4.69) is 11.8 Å². The molecule has 0 aromatic rings. The Morgan fingerprint density at radius 3 is 0.700 bits per heavy atom. The van der Waals surface area contributed by atoms with Crippen LogP contribution in [0.15, 0.2) is 0 Å². The molecule has 0 aromatic heterocycles. The summed E-state index contributed by atoms with van der Waals surface area (Å²) in [6.45, 7) is 23.9. The van der Waals surface area contributed by atoms with E-state index >= 15 is 0 Å². The van der Waals surface area contributed by atoms with Crippen molar-refractivity contribution in [3.63, 3.8) is 0 Å². The summed E-state index contributed by atoms with van der Waals surface area (Å²) in [6, 6.07) is 0.827. The first-order valence-corrected chi connectivity index (χ1v) is 15.1. The summed E-state index contributed by atoms with van der Waals surface area (Å²) >= 11 is 0. The normalized spacial score (nSPS) is 13.3. The third-order valence-electron chi connectivity index (χ3n) is 3.23. The molecular formula is C22H46O6Si2. The fraction of sp³-hybridized carbons (Fsp3) is 0.909. The van der Waals surface area contributed by atoms with E-state index in [1.54, 1.807) is 0 Å². The summed E-state index contributed by atoms with van der Waals surface area (Å²) in [5.41, 5.74) is 0. The fourth-order valence-corrected chi connectivity index (χ4v) is 8.74. The summed E-state index contributed by atoms with van der Waals surface area (Å²) in [7, 11) is -5.92. The van der Waals surface area contributed by atoms with Gasteiger partial charge in [0.2, 0.25) is 0 Å². The first-order chi connectivity index (χ1) is 13.7. The summed E-state index contributed by atoms with van der Waals surface area (Å²) < 4.78 is 37.2.